The van der Waals surface area contributed by atoms with E-state index < -0.39 is 0 Å². The summed E-state index contributed by atoms with van der Waals surface area (Å²) in [6.45, 7) is 7.23. The lowest BCUT2D eigenvalue weighted by Gasteiger charge is -2.28. The molecule has 0 fully saturated rings. The van der Waals surface area contributed by atoms with Crippen LogP contribution in [0.25, 0.3) is 11.4 Å². The van der Waals surface area contributed by atoms with Gasteiger partial charge in [-0.05, 0) is 18.9 Å². The first-order valence-corrected chi connectivity index (χ1v) is 8.03. The lowest BCUT2D eigenvalue weighted by atomic mass is 10.0. The third kappa shape index (κ3) is 3.28. The van der Waals surface area contributed by atoms with Gasteiger partial charge in [0.2, 0.25) is 0 Å². The van der Waals surface area contributed by atoms with E-state index in [0.717, 1.165) is 42.9 Å². The van der Waals surface area contributed by atoms with Crippen LogP contribution in [-0.4, -0.2) is 28.0 Å². The van der Waals surface area contributed by atoms with Crippen molar-refractivity contribution in [3.8, 4) is 11.4 Å². The van der Waals surface area contributed by atoms with Crippen LogP contribution in [0.15, 0.2) is 35.1 Å². The van der Waals surface area contributed by atoms with E-state index in [0.29, 0.717) is 11.7 Å². The monoisotopic (exact) mass is 297 g/mol. The molecule has 4 heteroatoms. The molecule has 0 unspecified atom stereocenters. The summed E-state index contributed by atoms with van der Waals surface area (Å²) in [5.74, 6) is 1.37. The van der Waals surface area contributed by atoms with Gasteiger partial charge in [0, 0.05) is 25.1 Å². The molecule has 0 saturated carbocycles. The average molecular weight is 297 g/mol. The van der Waals surface area contributed by atoms with Crippen LogP contribution in [0.4, 0.5) is 0 Å². The predicted octanol–water partition coefficient (Wildman–Crippen LogP) is 2.84. The van der Waals surface area contributed by atoms with E-state index >= 15 is 0 Å². The number of rotatable bonds is 4. The summed E-state index contributed by atoms with van der Waals surface area (Å²) < 4.78 is 0. The highest BCUT2D eigenvalue weighted by molar-refractivity contribution is 5.54. The van der Waals surface area contributed by atoms with Crippen molar-refractivity contribution < 1.29 is 0 Å². The third-order valence-corrected chi connectivity index (χ3v) is 4.22. The molecule has 2 aromatic rings. The van der Waals surface area contributed by atoms with Crippen LogP contribution in [0, 0.1) is 5.92 Å². The van der Waals surface area contributed by atoms with Crippen LogP contribution in [0.5, 0.6) is 0 Å². The minimum atomic E-state index is 0.0121. The summed E-state index contributed by atoms with van der Waals surface area (Å²) in [6.07, 6.45) is 2.03. The molecule has 116 valence electrons. The van der Waals surface area contributed by atoms with E-state index in [1.165, 1.54) is 6.42 Å². The van der Waals surface area contributed by atoms with Gasteiger partial charge in [-0.2, -0.15) is 0 Å². The molecule has 4 nitrogen and oxygen atoms in total. The lowest BCUT2D eigenvalue weighted by Crippen LogP contribution is -2.36. The second-order valence-corrected chi connectivity index (χ2v) is 6.41. The van der Waals surface area contributed by atoms with Crippen LogP contribution in [0.1, 0.15) is 31.5 Å². The molecule has 1 aromatic carbocycles. The van der Waals surface area contributed by atoms with E-state index in [1.807, 2.05) is 30.3 Å². The molecule has 0 aliphatic carbocycles. The van der Waals surface area contributed by atoms with E-state index in [1.54, 1.807) is 0 Å². The van der Waals surface area contributed by atoms with Crippen LogP contribution < -0.4 is 5.56 Å². The van der Waals surface area contributed by atoms with Gasteiger partial charge in [0.25, 0.3) is 5.56 Å². The number of nitrogens with one attached hydrogen (secondary N) is 1. The Balaban J connectivity index is 1.84. The van der Waals surface area contributed by atoms with Crippen molar-refractivity contribution in [2.45, 2.75) is 33.2 Å². The first kappa shape index (κ1) is 15.0. The van der Waals surface area contributed by atoms with Crippen molar-refractivity contribution in [2.75, 3.05) is 13.1 Å². The number of aromatic nitrogens is 2. The van der Waals surface area contributed by atoms with Gasteiger partial charge >= 0.3 is 0 Å². The van der Waals surface area contributed by atoms with Gasteiger partial charge in [0.05, 0.1) is 11.3 Å². The molecule has 0 bridgehead atoms. The summed E-state index contributed by atoms with van der Waals surface area (Å²) in [6, 6.07) is 9.84. The Morgan fingerprint density at radius 3 is 2.77 bits per heavy atom. The number of hydrogen-bond acceptors (Lipinski definition) is 3. The Hall–Kier alpha value is -1.94. The zero-order valence-electron chi connectivity index (χ0n) is 13.3. The average Bonchev–Trinajstić information content (AvgIpc) is 2.54. The molecular formula is C18H23N3O. The summed E-state index contributed by atoms with van der Waals surface area (Å²) in [5.41, 5.74) is 2.78. The largest absolute Gasteiger partial charge is 0.306 e. The molecular weight excluding hydrogens is 274 g/mol. The SMILES string of the molecule is CC(C)CCN1CCc2nc(-c3ccccc3)[nH]c(=O)c2C1. The summed E-state index contributed by atoms with van der Waals surface area (Å²) >= 11 is 0. The van der Waals surface area contributed by atoms with Crippen LogP contribution in [0.2, 0.25) is 0 Å². The minimum absolute atomic E-state index is 0.0121. The van der Waals surface area contributed by atoms with Gasteiger partial charge in [0.15, 0.2) is 0 Å². The molecule has 0 atom stereocenters. The molecule has 0 amide bonds. The number of benzene rings is 1. The standard InChI is InChI=1S/C18H23N3O/c1-13(2)8-10-21-11-9-16-15(12-21)18(22)20-17(19-16)14-6-4-3-5-7-14/h3-7,13H,8-12H2,1-2H3,(H,19,20,22). The van der Waals surface area contributed by atoms with E-state index in [4.69, 9.17) is 4.98 Å². The van der Waals surface area contributed by atoms with Gasteiger partial charge in [-0.15, -0.1) is 0 Å². The van der Waals surface area contributed by atoms with E-state index in [-0.39, 0.29) is 5.56 Å². The maximum absolute atomic E-state index is 12.4. The van der Waals surface area contributed by atoms with Crippen molar-refractivity contribution >= 4 is 0 Å². The van der Waals surface area contributed by atoms with Gasteiger partial charge in [-0.1, -0.05) is 44.2 Å². The number of nitrogens with zero attached hydrogens (tertiary/aromatic N) is 2. The van der Waals surface area contributed by atoms with Crippen LogP contribution in [0.3, 0.4) is 0 Å². The Bertz CT molecular complexity index is 691. The quantitative estimate of drug-likeness (QED) is 0.944. The lowest BCUT2D eigenvalue weighted by molar-refractivity contribution is 0.236. The predicted molar refractivity (Wildman–Crippen MR) is 88.7 cm³/mol. The zero-order chi connectivity index (χ0) is 15.5. The fraction of sp³-hybridized carbons (Fsp3) is 0.444. The minimum Gasteiger partial charge on any atom is -0.306 e. The fourth-order valence-electron chi connectivity index (χ4n) is 2.85. The van der Waals surface area contributed by atoms with Crippen molar-refractivity contribution in [2.24, 2.45) is 5.92 Å². The van der Waals surface area contributed by atoms with Gasteiger partial charge in [-0.25, -0.2) is 4.98 Å². The first-order chi connectivity index (χ1) is 10.6. The second-order valence-electron chi connectivity index (χ2n) is 6.41. The summed E-state index contributed by atoms with van der Waals surface area (Å²) in [7, 11) is 0. The third-order valence-electron chi connectivity index (χ3n) is 4.22. The fourth-order valence-corrected chi connectivity index (χ4v) is 2.85. The normalized spacial score (nSPS) is 15.0. The summed E-state index contributed by atoms with van der Waals surface area (Å²) in [5, 5.41) is 0. The Morgan fingerprint density at radius 1 is 1.27 bits per heavy atom. The first-order valence-electron chi connectivity index (χ1n) is 8.03. The van der Waals surface area contributed by atoms with Gasteiger partial charge < -0.3 is 4.98 Å². The van der Waals surface area contributed by atoms with Gasteiger partial charge in [-0.3, -0.25) is 9.69 Å². The molecule has 22 heavy (non-hydrogen) atoms. The summed E-state index contributed by atoms with van der Waals surface area (Å²) in [4.78, 5) is 22.4. The van der Waals surface area contributed by atoms with Crippen molar-refractivity contribution in [1.29, 1.82) is 0 Å². The Kier molecular flexibility index (Phi) is 4.39. The molecule has 1 N–H and O–H groups in total. The molecule has 1 aliphatic rings. The second kappa shape index (κ2) is 6.44. The molecule has 1 aliphatic heterocycles. The van der Waals surface area contributed by atoms with Crippen molar-refractivity contribution in [3.63, 3.8) is 0 Å². The zero-order valence-corrected chi connectivity index (χ0v) is 13.3. The van der Waals surface area contributed by atoms with Crippen molar-refractivity contribution in [1.82, 2.24) is 14.9 Å². The molecule has 0 spiro atoms. The topological polar surface area (TPSA) is 49.0 Å². The van der Waals surface area contributed by atoms with Crippen LogP contribution >= 0.6 is 0 Å². The van der Waals surface area contributed by atoms with Gasteiger partial charge in [0.1, 0.15) is 5.82 Å². The maximum atomic E-state index is 12.4. The van der Waals surface area contributed by atoms with E-state index in [2.05, 4.69) is 23.7 Å². The Labute approximate surface area is 131 Å². The highest BCUT2D eigenvalue weighted by atomic mass is 16.1. The van der Waals surface area contributed by atoms with E-state index in [9.17, 15) is 4.79 Å². The highest BCUT2D eigenvalue weighted by Crippen LogP contribution is 2.19. The molecule has 0 radical (unpaired) electrons. The highest BCUT2D eigenvalue weighted by Gasteiger charge is 2.21. The van der Waals surface area contributed by atoms with Crippen molar-refractivity contribution in [3.05, 3.63) is 51.9 Å². The number of fused-ring (bicyclic) bond motifs is 1. The molecule has 1 aromatic heterocycles. The maximum Gasteiger partial charge on any atom is 0.255 e. The number of H-pyrrole nitrogens is 1. The molecule has 3 rings (SSSR count). The van der Waals surface area contributed by atoms with Crippen LogP contribution in [-0.2, 0) is 13.0 Å². The molecule has 2 heterocycles. The number of hydrogen-bond donors (Lipinski definition) is 1. The smallest absolute Gasteiger partial charge is 0.255 e. The molecule has 0 saturated heterocycles. The number of aromatic amines is 1. The Morgan fingerprint density at radius 2 is 2.05 bits per heavy atom.